The normalized spacial score (nSPS) is 13.6. The first-order chi connectivity index (χ1) is 17.7. The summed E-state index contributed by atoms with van der Waals surface area (Å²) in [6.45, 7) is 1.22. The number of carbonyl (C=O) groups is 1. The second-order valence-corrected chi connectivity index (χ2v) is 9.02. The van der Waals surface area contributed by atoms with E-state index in [4.69, 9.17) is 14.5 Å². The molecule has 36 heavy (non-hydrogen) atoms. The molecule has 0 spiro atoms. The summed E-state index contributed by atoms with van der Waals surface area (Å²) in [6, 6.07) is 21.0. The molecular formula is C28H22N4O4. The van der Waals surface area contributed by atoms with Crippen molar-refractivity contribution in [2.45, 2.75) is 25.9 Å². The van der Waals surface area contributed by atoms with Gasteiger partial charge in [-0.25, -0.2) is 4.98 Å². The molecule has 8 heteroatoms. The quantitative estimate of drug-likeness (QED) is 0.415. The monoisotopic (exact) mass is 478 g/mol. The second kappa shape index (κ2) is 7.98. The molecule has 0 unspecified atom stereocenters. The minimum absolute atomic E-state index is 0.0291. The largest absolute Gasteiger partial charge is 0.454 e. The molecule has 2 aromatic heterocycles. The van der Waals surface area contributed by atoms with Crippen LogP contribution in [-0.2, 0) is 24.3 Å². The van der Waals surface area contributed by atoms with Crippen LogP contribution in [-0.4, -0.2) is 26.8 Å². The molecule has 8 nitrogen and oxygen atoms in total. The van der Waals surface area contributed by atoms with E-state index in [0.717, 1.165) is 23.0 Å². The molecule has 0 bridgehead atoms. The molecule has 2 aliphatic rings. The molecular weight excluding hydrogens is 456 g/mol. The number of ether oxygens (including phenoxy) is 2. The lowest BCUT2D eigenvalue weighted by Gasteiger charge is -2.21. The Morgan fingerprint density at radius 1 is 0.972 bits per heavy atom. The van der Waals surface area contributed by atoms with E-state index in [2.05, 4.69) is 22.0 Å². The number of carbonyl (C=O) groups excluding carboxylic acids is 1. The first-order valence-corrected chi connectivity index (χ1v) is 12.0. The van der Waals surface area contributed by atoms with E-state index in [0.29, 0.717) is 47.0 Å². The molecule has 4 heterocycles. The number of nitrogens with zero attached hydrogens (tertiary/aromatic N) is 3. The van der Waals surface area contributed by atoms with E-state index in [9.17, 15) is 9.59 Å². The number of hydrogen-bond donors (Lipinski definition) is 1. The fourth-order valence-electron chi connectivity index (χ4n) is 5.31. The van der Waals surface area contributed by atoms with Crippen molar-refractivity contribution in [3.8, 4) is 23.0 Å². The summed E-state index contributed by atoms with van der Waals surface area (Å²) in [5.74, 6) is 1.85. The van der Waals surface area contributed by atoms with Crippen LogP contribution in [0.2, 0.25) is 0 Å². The van der Waals surface area contributed by atoms with Gasteiger partial charge in [0.1, 0.15) is 0 Å². The molecule has 1 amide bonds. The number of anilines is 1. The zero-order valence-electron chi connectivity index (χ0n) is 19.4. The molecule has 178 valence electrons. The average molecular weight is 479 g/mol. The van der Waals surface area contributed by atoms with Gasteiger partial charge in [0.25, 0.3) is 5.56 Å². The van der Waals surface area contributed by atoms with Gasteiger partial charge in [0.2, 0.25) is 12.7 Å². The zero-order valence-corrected chi connectivity index (χ0v) is 19.4. The minimum atomic E-state index is -0.111. The fraction of sp³-hybridized carbons (Fsp3) is 0.179. The zero-order chi connectivity index (χ0) is 24.2. The Morgan fingerprint density at radius 3 is 2.69 bits per heavy atom. The number of aromatic nitrogens is 3. The summed E-state index contributed by atoms with van der Waals surface area (Å²) in [5.41, 5.74) is 4.44. The van der Waals surface area contributed by atoms with Gasteiger partial charge >= 0.3 is 0 Å². The van der Waals surface area contributed by atoms with Gasteiger partial charge in [-0.2, -0.15) is 0 Å². The highest BCUT2D eigenvalue weighted by Gasteiger charge is 2.27. The first kappa shape index (κ1) is 20.8. The number of para-hydroxylation sites is 2. The van der Waals surface area contributed by atoms with Crippen molar-refractivity contribution in [3.05, 3.63) is 82.6 Å². The summed E-state index contributed by atoms with van der Waals surface area (Å²) >= 11 is 0. The van der Waals surface area contributed by atoms with E-state index < -0.39 is 0 Å². The summed E-state index contributed by atoms with van der Waals surface area (Å²) in [6.07, 6.45) is 0.997. The van der Waals surface area contributed by atoms with Crippen LogP contribution in [0.1, 0.15) is 12.0 Å². The van der Waals surface area contributed by atoms with Gasteiger partial charge < -0.3 is 19.4 Å². The number of rotatable bonds is 4. The highest BCUT2D eigenvalue weighted by molar-refractivity contribution is 5.94. The molecule has 0 radical (unpaired) electrons. The van der Waals surface area contributed by atoms with Crippen molar-refractivity contribution >= 4 is 33.4 Å². The topological polar surface area (TPSA) is 87.4 Å². The molecule has 0 aliphatic carbocycles. The van der Waals surface area contributed by atoms with Crippen LogP contribution in [0.25, 0.3) is 33.3 Å². The number of aryl methyl sites for hydroxylation is 2. The number of benzene rings is 3. The molecule has 0 fully saturated rings. The van der Waals surface area contributed by atoms with Gasteiger partial charge in [-0.1, -0.05) is 30.3 Å². The van der Waals surface area contributed by atoms with Crippen LogP contribution < -0.4 is 20.3 Å². The lowest BCUT2D eigenvalue weighted by Crippen LogP contribution is -2.28. The number of fused-ring (bicyclic) bond motifs is 7. The molecule has 0 saturated carbocycles. The minimum Gasteiger partial charge on any atom is -0.454 e. The van der Waals surface area contributed by atoms with Crippen LogP contribution in [0.15, 0.2) is 71.5 Å². The highest BCUT2D eigenvalue weighted by Crippen LogP contribution is 2.37. The van der Waals surface area contributed by atoms with Crippen LogP contribution in [0.3, 0.4) is 0 Å². The second-order valence-electron chi connectivity index (χ2n) is 9.02. The van der Waals surface area contributed by atoms with Gasteiger partial charge in [-0.3, -0.25) is 14.2 Å². The average Bonchev–Trinajstić information content (AvgIpc) is 3.50. The Kier molecular flexibility index (Phi) is 4.60. The van der Waals surface area contributed by atoms with Crippen molar-refractivity contribution in [1.82, 2.24) is 14.1 Å². The summed E-state index contributed by atoms with van der Waals surface area (Å²) in [5, 5.41) is 4.71. The van der Waals surface area contributed by atoms with Crippen molar-refractivity contribution < 1.29 is 14.3 Å². The lowest BCUT2D eigenvalue weighted by molar-refractivity contribution is -0.116. The Bertz CT molecular complexity index is 1750. The van der Waals surface area contributed by atoms with Crippen LogP contribution >= 0.6 is 0 Å². The molecule has 5 aromatic rings. The Morgan fingerprint density at radius 2 is 1.78 bits per heavy atom. The summed E-state index contributed by atoms with van der Waals surface area (Å²) in [4.78, 5) is 31.1. The van der Waals surface area contributed by atoms with Gasteiger partial charge in [0.05, 0.1) is 16.6 Å². The third-order valence-electron chi connectivity index (χ3n) is 6.95. The van der Waals surface area contributed by atoms with Gasteiger partial charge in [0.15, 0.2) is 17.3 Å². The fourth-order valence-corrected chi connectivity index (χ4v) is 5.31. The van der Waals surface area contributed by atoms with Crippen molar-refractivity contribution in [2.24, 2.45) is 0 Å². The third kappa shape index (κ3) is 3.18. The Balaban J connectivity index is 1.27. The van der Waals surface area contributed by atoms with E-state index in [1.165, 1.54) is 5.56 Å². The van der Waals surface area contributed by atoms with Crippen LogP contribution in [0.5, 0.6) is 11.5 Å². The highest BCUT2D eigenvalue weighted by atomic mass is 16.7. The summed E-state index contributed by atoms with van der Waals surface area (Å²) in [7, 11) is 0. The summed E-state index contributed by atoms with van der Waals surface area (Å²) < 4.78 is 14.7. The maximum atomic E-state index is 13.3. The van der Waals surface area contributed by atoms with Crippen LogP contribution in [0.4, 0.5) is 5.69 Å². The number of amides is 1. The predicted octanol–water partition coefficient (Wildman–Crippen LogP) is 4.33. The number of nitrogens with one attached hydrogen (secondary N) is 1. The van der Waals surface area contributed by atoms with Crippen LogP contribution in [0, 0.1) is 0 Å². The molecule has 0 atom stereocenters. The lowest BCUT2D eigenvalue weighted by atomic mass is 10.0. The smallest absolute Gasteiger partial charge is 0.261 e. The maximum absolute atomic E-state index is 13.3. The standard InChI is InChI=1S/C28H22N4O4/c33-25(29-17-9-10-23-24(15-17)36-16-35-23)12-14-31-22-8-4-2-5-18(22)19-11-13-32-27(26(19)31)30-21-7-3-1-6-20(21)28(32)34/h1-10,15H,11-14,16H2,(H,29,33). The van der Waals surface area contributed by atoms with E-state index in [1.54, 1.807) is 22.8 Å². The predicted molar refractivity (Wildman–Crippen MR) is 136 cm³/mol. The van der Waals surface area contributed by atoms with Gasteiger partial charge in [0, 0.05) is 42.2 Å². The molecule has 0 saturated heterocycles. The van der Waals surface area contributed by atoms with Crippen molar-refractivity contribution in [2.75, 3.05) is 12.1 Å². The van der Waals surface area contributed by atoms with Crippen molar-refractivity contribution in [3.63, 3.8) is 0 Å². The SMILES string of the molecule is O=C(CCn1c2c(c3ccccc31)CCn1c-2nc2ccccc2c1=O)Nc1ccc2c(c1)OCO2. The molecule has 2 aliphatic heterocycles. The first-order valence-electron chi connectivity index (χ1n) is 12.0. The van der Waals surface area contributed by atoms with Gasteiger partial charge in [-0.05, 0) is 42.3 Å². The van der Waals surface area contributed by atoms with E-state index in [-0.39, 0.29) is 24.7 Å². The Labute approximate surface area is 205 Å². The molecule has 1 N–H and O–H groups in total. The van der Waals surface area contributed by atoms with E-state index in [1.807, 2.05) is 36.4 Å². The molecule has 3 aromatic carbocycles. The number of hydrogen-bond acceptors (Lipinski definition) is 5. The third-order valence-corrected chi connectivity index (χ3v) is 6.95. The van der Waals surface area contributed by atoms with E-state index >= 15 is 0 Å². The maximum Gasteiger partial charge on any atom is 0.261 e. The van der Waals surface area contributed by atoms with Crippen molar-refractivity contribution in [1.29, 1.82) is 0 Å². The van der Waals surface area contributed by atoms with Gasteiger partial charge in [-0.15, -0.1) is 0 Å². The molecule has 7 rings (SSSR count). The Hall–Kier alpha value is -4.59.